The van der Waals surface area contributed by atoms with Crippen LogP contribution in [0, 0.1) is 0 Å². The van der Waals surface area contributed by atoms with Crippen LogP contribution in [0.5, 0.6) is 11.5 Å². The lowest BCUT2D eigenvalue weighted by Gasteiger charge is -2.29. The van der Waals surface area contributed by atoms with Gasteiger partial charge in [0, 0.05) is 5.54 Å². The van der Waals surface area contributed by atoms with Gasteiger partial charge in [0.25, 0.3) is 5.91 Å². The number of rotatable bonds is 7. The molecule has 0 saturated carbocycles. The molecule has 0 spiro atoms. The molecule has 0 aliphatic rings. The minimum Gasteiger partial charge on any atom is -0.493 e. The molecule has 0 aliphatic heterocycles. The summed E-state index contributed by atoms with van der Waals surface area (Å²) in [5, 5.41) is 3.03. The first-order valence-electron chi connectivity index (χ1n) is 6.75. The number of hydrogen-bond acceptors (Lipinski definition) is 4. The predicted molar refractivity (Wildman–Crippen MR) is 79.4 cm³/mol. The molecular weight excluding hydrogens is 256 g/mol. The largest absolute Gasteiger partial charge is 0.493 e. The second-order valence-corrected chi connectivity index (χ2v) is 4.95. The number of carbonyl (C=O) groups excluding carboxylic acids is 1. The van der Waals surface area contributed by atoms with Crippen molar-refractivity contribution in [3.8, 4) is 11.5 Å². The van der Waals surface area contributed by atoms with Gasteiger partial charge in [-0.2, -0.15) is 0 Å². The number of nitrogens with one attached hydrogen (secondary N) is 1. The molecule has 0 fully saturated rings. The van der Waals surface area contributed by atoms with E-state index in [4.69, 9.17) is 15.2 Å². The van der Waals surface area contributed by atoms with E-state index in [1.54, 1.807) is 25.3 Å². The molecule has 0 saturated heterocycles. The van der Waals surface area contributed by atoms with Crippen LogP contribution >= 0.6 is 0 Å². The summed E-state index contributed by atoms with van der Waals surface area (Å²) in [5.74, 6) is 0.800. The van der Waals surface area contributed by atoms with Crippen LogP contribution in [0.15, 0.2) is 18.2 Å². The van der Waals surface area contributed by atoms with Gasteiger partial charge in [-0.3, -0.25) is 4.79 Å². The Morgan fingerprint density at radius 2 is 2.05 bits per heavy atom. The van der Waals surface area contributed by atoms with E-state index in [1.165, 1.54) is 7.11 Å². The zero-order chi connectivity index (χ0) is 15.2. The van der Waals surface area contributed by atoms with Crippen molar-refractivity contribution in [2.24, 2.45) is 5.73 Å². The van der Waals surface area contributed by atoms with E-state index >= 15 is 0 Å². The number of para-hydroxylation sites is 1. The van der Waals surface area contributed by atoms with Crippen LogP contribution in [0.25, 0.3) is 0 Å². The molecule has 0 aliphatic carbocycles. The van der Waals surface area contributed by atoms with Crippen molar-refractivity contribution in [1.29, 1.82) is 0 Å². The normalized spacial score (nSPS) is 13.4. The van der Waals surface area contributed by atoms with Gasteiger partial charge in [0.15, 0.2) is 11.5 Å². The van der Waals surface area contributed by atoms with Crippen LogP contribution in [0.2, 0.25) is 0 Å². The van der Waals surface area contributed by atoms with Gasteiger partial charge in [-0.25, -0.2) is 0 Å². The van der Waals surface area contributed by atoms with E-state index in [0.717, 1.165) is 12.8 Å². The van der Waals surface area contributed by atoms with E-state index < -0.39 is 0 Å². The van der Waals surface area contributed by atoms with Crippen molar-refractivity contribution in [2.75, 3.05) is 20.8 Å². The van der Waals surface area contributed by atoms with Crippen molar-refractivity contribution in [1.82, 2.24) is 5.32 Å². The van der Waals surface area contributed by atoms with Crippen LogP contribution < -0.4 is 20.5 Å². The van der Waals surface area contributed by atoms with Gasteiger partial charge in [-0.05, 0) is 38.4 Å². The summed E-state index contributed by atoms with van der Waals surface area (Å²) in [4.78, 5) is 12.5. The van der Waals surface area contributed by atoms with Crippen LogP contribution in [-0.4, -0.2) is 32.2 Å². The third kappa shape index (κ3) is 3.63. The second-order valence-electron chi connectivity index (χ2n) is 4.95. The van der Waals surface area contributed by atoms with Crippen LogP contribution in [0.3, 0.4) is 0 Å². The molecular formula is C15H24N2O3. The average Bonchev–Trinajstić information content (AvgIpc) is 2.46. The fraction of sp³-hybridized carbons (Fsp3) is 0.533. The first-order valence-corrected chi connectivity index (χ1v) is 6.75. The van der Waals surface area contributed by atoms with Crippen LogP contribution in [0.4, 0.5) is 0 Å². The third-order valence-corrected chi connectivity index (χ3v) is 3.54. The van der Waals surface area contributed by atoms with Crippen molar-refractivity contribution in [2.45, 2.75) is 32.2 Å². The summed E-state index contributed by atoms with van der Waals surface area (Å²) in [5.41, 5.74) is 5.75. The Bertz CT molecular complexity index is 462. The third-order valence-electron chi connectivity index (χ3n) is 3.54. The Hall–Kier alpha value is -1.75. The Morgan fingerprint density at radius 3 is 2.55 bits per heavy atom. The molecule has 3 N–H and O–H groups in total. The van der Waals surface area contributed by atoms with Gasteiger partial charge in [0.1, 0.15) is 0 Å². The quantitative estimate of drug-likeness (QED) is 0.800. The molecule has 1 amide bonds. The van der Waals surface area contributed by atoms with E-state index in [0.29, 0.717) is 23.6 Å². The Balaban J connectivity index is 3.03. The lowest BCUT2D eigenvalue weighted by Crippen LogP contribution is -2.46. The minimum absolute atomic E-state index is 0.182. The van der Waals surface area contributed by atoms with Crippen LogP contribution in [-0.2, 0) is 0 Å². The van der Waals surface area contributed by atoms with E-state index in [-0.39, 0.29) is 11.4 Å². The maximum atomic E-state index is 12.5. The number of methoxy groups -OCH3 is 2. The lowest BCUT2D eigenvalue weighted by molar-refractivity contribution is 0.0896. The van der Waals surface area contributed by atoms with Crippen molar-refractivity contribution < 1.29 is 14.3 Å². The molecule has 20 heavy (non-hydrogen) atoms. The number of ether oxygens (including phenoxy) is 2. The minimum atomic E-state index is -0.320. The summed E-state index contributed by atoms with van der Waals surface area (Å²) in [7, 11) is 3.07. The molecule has 1 atom stereocenters. The monoisotopic (exact) mass is 280 g/mol. The second kappa shape index (κ2) is 7.14. The summed E-state index contributed by atoms with van der Waals surface area (Å²) in [6.07, 6.45) is 1.53. The topological polar surface area (TPSA) is 73.6 Å². The molecule has 112 valence electrons. The number of nitrogens with two attached hydrogens (primary N) is 1. The maximum absolute atomic E-state index is 12.5. The van der Waals surface area contributed by atoms with Gasteiger partial charge in [-0.1, -0.05) is 13.0 Å². The Labute approximate surface area is 120 Å². The van der Waals surface area contributed by atoms with Gasteiger partial charge >= 0.3 is 0 Å². The first-order chi connectivity index (χ1) is 9.51. The highest BCUT2D eigenvalue weighted by Crippen LogP contribution is 2.31. The molecule has 1 aromatic carbocycles. The average molecular weight is 280 g/mol. The SMILES string of the molecule is CCC(C)(CCN)NC(=O)c1cccc(OC)c1OC. The summed E-state index contributed by atoms with van der Waals surface area (Å²) >= 11 is 0. The van der Waals surface area contributed by atoms with Crippen molar-refractivity contribution in [3.63, 3.8) is 0 Å². The summed E-state index contributed by atoms with van der Waals surface area (Å²) in [6.45, 7) is 4.54. The number of hydrogen-bond donors (Lipinski definition) is 2. The standard InChI is InChI=1S/C15H24N2O3/c1-5-15(2,9-10-16)17-14(18)11-7-6-8-12(19-3)13(11)20-4/h6-8H,5,9-10,16H2,1-4H3,(H,17,18). The first kappa shape index (κ1) is 16.3. The predicted octanol–water partition coefficient (Wildman–Crippen LogP) is 1.95. The highest BCUT2D eigenvalue weighted by Gasteiger charge is 2.26. The number of amides is 1. The zero-order valence-electron chi connectivity index (χ0n) is 12.7. The Kier molecular flexibility index (Phi) is 5.82. The van der Waals surface area contributed by atoms with Gasteiger partial charge in [0.05, 0.1) is 19.8 Å². The molecule has 5 nitrogen and oxygen atoms in total. The highest BCUT2D eigenvalue weighted by molar-refractivity contribution is 5.98. The number of benzene rings is 1. The molecule has 1 aromatic rings. The fourth-order valence-corrected chi connectivity index (χ4v) is 2.05. The maximum Gasteiger partial charge on any atom is 0.255 e. The van der Waals surface area contributed by atoms with E-state index in [1.807, 2.05) is 13.8 Å². The number of carbonyl (C=O) groups is 1. The fourth-order valence-electron chi connectivity index (χ4n) is 2.05. The molecule has 0 bridgehead atoms. The Morgan fingerprint density at radius 1 is 1.35 bits per heavy atom. The van der Waals surface area contributed by atoms with Gasteiger partial charge < -0.3 is 20.5 Å². The van der Waals surface area contributed by atoms with Gasteiger partial charge in [-0.15, -0.1) is 0 Å². The van der Waals surface area contributed by atoms with Crippen molar-refractivity contribution in [3.05, 3.63) is 23.8 Å². The zero-order valence-corrected chi connectivity index (χ0v) is 12.7. The molecule has 5 heteroatoms. The molecule has 0 radical (unpaired) electrons. The van der Waals surface area contributed by atoms with Gasteiger partial charge in [0.2, 0.25) is 0 Å². The highest BCUT2D eigenvalue weighted by atomic mass is 16.5. The molecule has 0 heterocycles. The molecule has 1 rings (SSSR count). The van der Waals surface area contributed by atoms with E-state index in [2.05, 4.69) is 5.32 Å². The van der Waals surface area contributed by atoms with Crippen LogP contribution in [0.1, 0.15) is 37.0 Å². The lowest BCUT2D eigenvalue weighted by atomic mass is 9.94. The summed E-state index contributed by atoms with van der Waals surface area (Å²) in [6, 6.07) is 5.24. The molecule has 1 unspecified atom stereocenters. The van der Waals surface area contributed by atoms with Crippen molar-refractivity contribution >= 4 is 5.91 Å². The summed E-state index contributed by atoms with van der Waals surface area (Å²) < 4.78 is 10.5. The molecule has 0 aromatic heterocycles. The van der Waals surface area contributed by atoms with E-state index in [9.17, 15) is 4.79 Å². The smallest absolute Gasteiger partial charge is 0.255 e.